The van der Waals surface area contributed by atoms with Crippen molar-refractivity contribution < 1.29 is 22.3 Å². The summed E-state index contributed by atoms with van der Waals surface area (Å²) in [6, 6.07) is 9.64. The number of hydrogen-bond acceptors (Lipinski definition) is 10. The highest BCUT2D eigenvalue weighted by Crippen LogP contribution is 2.30. The second-order valence-corrected chi connectivity index (χ2v) is 11.3. The summed E-state index contributed by atoms with van der Waals surface area (Å²) in [6.07, 6.45) is 6.03. The van der Waals surface area contributed by atoms with Gasteiger partial charge in [0.15, 0.2) is 5.65 Å². The van der Waals surface area contributed by atoms with Crippen LogP contribution in [0.25, 0.3) is 28.3 Å². The van der Waals surface area contributed by atoms with Gasteiger partial charge in [-0.3, -0.25) is 14.3 Å². The smallest absolute Gasteiger partial charge is 0.262 e. The minimum absolute atomic E-state index is 0.0686. The Morgan fingerprint density at radius 1 is 1.02 bits per heavy atom. The summed E-state index contributed by atoms with van der Waals surface area (Å²) in [6.45, 7) is 5.14. The van der Waals surface area contributed by atoms with E-state index in [4.69, 9.17) is 14.6 Å². The molecule has 1 aromatic carbocycles. The second kappa shape index (κ2) is 11.8. The maximum absolute atomic E-state index is 13.3. The van der Waals surface area contributed by atoms with Crippen molar-refractivity contribution in [2.75, 3.05) is 44.7 Å². The highest BCUT2D eigenvalue weighted by molar-refractivity contribution is 7.92. The summed E-state index contributed by atoms with van der Waals surface area (Å²) in [5.74, 6) is -0.471. The minimum atomic E-state index is -4.04. The van der Waals surface area contributed by atoms with Crippen LogP contribution in [-0.2, 0) is 21.3 Å². The standard InChI is InChI=1S/C27H28FN9O4S/c1-40-27-23(33-42(38,39)21-5-3-20(28)4-6-21)15-19(16-30-27)22-7-8-26-29-17-25(37(26)32-22)24-18-36(34-31-24)10-2-9-35-11-13-41-14-12-35/h3-8,15-18,33H,2,9-14H2,1H3. The maximum Gasteiger partial charge on any atom is 0.262 e. The van der Waals surface area contributed by atoms with Crippen molar-refractivity contribution in [1.82, 2.24) is 39.5 Å². The molecule has 1 aliphatic rings. The molecular formula is C27H28FN9O4S. The second-order valence-electron chi connectivity index (χ2n) is 9.65. The van der Waals surface area contributed by atoms with E-state index in [9.17, 15) is 12.8 Å². The molecule has 0 amide bonds. The van der Waals surface area contributed by atoms with Crippen molar-refractivity contribution >= 4 is 21.4 Å². The number of anilines is 1. The molecular weight excluding hydrogens is 565 g/mol. The molecule has 1 saturated heterocycles. The SMILES string of the molecule is COc1ncc(-c2ccc3ncc(-c4cn(CCCN5CCOCC5)nn4)n3n2)cc1NS(=O)(=O)c1ccc(F)cc1. The number of morpholine rings is 1. The van der Waals surface area contributed by atoms with Gasteiger partial charge < -0.3 is 9.47 Å². The average Bonchev–Trinajstić information content (AvgIpc) is 3.64. The van der Waals surface area contributed by atoms with Crippen molar-refractivity contribution in [2.45, 2.75) is 17.9 Å². The van der Waals surface area contributed by atoms with E-state index in [1.807, 2.05) is 10.9 Å². The zero-order chi connectivity index (χ0) is 29.1. The number of halogens is 1. The van der Waals surface area contributed by atoms with Gasteiger partial charge in [0.05, 0.1) is 43.3 Å². The fourth-order valence-electron chi connectivity index (χ4n) is 4.65. The topological polar surface area (TPSA) is 142 Å². The van der Waals surface area contributed by atoms with Gasteiger partial charge in [0.2, 0.25) is 5.88 Å². The number of ether oxygens (including phenoxy) is 2. The summed E-state index contributed by atoms with van der Waals surface area (Å²) >= 11 is 0. The van der Waals surface area contributed by atoms with Gasteiger partial charge in [-0.15, -0.1) is 5.10 Å². The van der Waals surface area contributed by atoms with Crippen molar-refractivity contribution in [3.63, 3.8) is 0 Å². The lowest BCUT2D eigenvalue weighted by Crippen LogP contribution is -2.37. The molecule has 15 heteroatoms. The molecule has 42 heavy (non-hydrogen) atoms. The number of hydrogen-bond donors (Lipinski definition) is 1. The number of methoxy groups -OCH3 is 1. The highest BCUT2D eigenvalue weighted by atomic mass is 32.2. The number of fused-ring (bicyclic) bond motifs is 1. The number of pyridine rings is 1. The Labute approximate surface area is 241 Å². The monoisotopic (exact) mass is 593 g/mol. The third-order valence-corrected chi connectivity index (χ3v) is 8.22. The first kappa shape index (κ1) is 27.7. The lowest BCUT2D eigenvalue weighted by Gasteiger charge is -2.26. The summed E-state index contributed by atoms with van der Waals surface area (Å²) < 4.78 is 55.9. The third kappa shape index (κ3) is 5.93. The van der Waals surface area contributed by atoms with Gasteiger partial charge in [-0.05, 0) is 48.9 Å². The molecule has 13 nitrogen and oxygen atoms in total. The van der Waals surface area contributed by atoms with Crippen LogP contribution in [-0.4, -0.2) is 87.9 Å². The van der Waals surface area contributed by atoms with E-state index < -0.39 is 15.8 Å². The first-order valence-corrected chi connectivity index (χ1v) is 14.8. The molecule has 1 fully saturated rings. The molecule has 0 radical (unpaired) electrons. The number of nitrogens with one attached hydrogen (secondary N) is 1. The summed E-state index contributed by atoms with van der Waals surface area (Å²) in [7, 11) is -2.65. The Hall–Kier alpha value is -4.47. The van der Waals surface area contributed by atoms with E-state index in [-0.39, 0.29) is 16.5 Å². The summed E-state index contributed by atoms with van der Waals surface area (Å²) in [4.78, 5) is 11.0. The molecule has 1 aliphatic heterocycles. The minimum Gasteiger partial charge on any atom is -0.480 e. The van der Waals surface area contributed by atoms with E-state index in [1.54, 1.807) is 28.9 Å². The van der Waals surface area contributed by atoms with Crippen LogP contribution in [0, 0.1) is 5.82 Å². The van der Waals surface area contributed by atoms with Crippen molar-refractivity contribution in [2.24, 2.45) is 0 Å². The lowest BCUT2D eigenvalue weighted by atomic mass is 10.2. The summed E-state index contributed by atoms with van der Waals surface area (Å²) in [5.41, 5.74) is 3.03. The molecule has 6 rings (SSSR count). The lowest BCUT2D eigenvalue weighted by molar-refractivity contribution is 0.0368. The van der Waals surface area contributed by atoms with Gasteiger partial charge in [-0.25, -0.2) is 27.3 Å². The van der Waals surface area contributed by atoms with Crippen LogP contribution in [0.2, 0.25) is 0 Å². The molecule has 1 N–H and O–H groups in total. The number of imidazole rings is 1. The highest BCUT2D eigenvalue weighted by Gasteiger charge is 2.19. The van der Waals surface area contributed by atoms with Gasteiger partial charge in [0, 0.05) is 37.9 Å². The molecule has 0 unspecified atom stereocenters. The largest absolute Gasteiger partial charge is 0.480 e. The molecule has 0 saturated carbocycles. The van der Waals surface area contributed by atoms with Crippen molar-refractivity contribution in [1.29, 1.82) is 0 Å². The number of aromatic nitrogens is 7. The quantitative estimate of drug-likeness (QED) is 0.257. The Balaban J connectivity index is 1.24. The van der Waals surface area contributed by atoms with Gasteiger partial charge in [-0.2, -0.15) is 5.10 Å². The fourth-order valence-corrected chi connectivity index (χ4v) is 5.70. The fraction of sp³-hybridized carbons (Fsp3) is 0.296. The zero-order valence-electron chi connectivity index (χ0n) is 22.7. The average molecular weight is 594 g/mol. The first-order chi connectivity index (χ1) is 20.4. The van der Waals surface area contributed by atoms with Gasteiger partial charge in [0.1, 0.15) is 22.9 Å². The van der Waals surface area contributed by atoms with E-state index in [1.165, 1.54) is 25.4 Å². The zero-order valence-corrected chi connectivity index (χ0v) is 23.5. The van der Waals surface area contributed by atoms with Gasteiger partial charge in [-0.1, -0.05) is 5.21 Å². The molecule has 0 spiro atoms. The third-order valence-electron chi connectivity index (χ3n) is 6.84. The summed E-state index contributed by atoms with van der Waals surface area (Å²) in [5, 5.41) is 13.4. The van der Waals surface area contributed by atoms with Crippen LogP contribution < -0.4 is 9.46 Å². The molecule has 0 aliphatic carbocycles. The predicted octanol–water partition coefficient (Wildman–Crippen LogP) is 2.72. The number of rotatable bonds is 10. The van der Waals surface area contributed by atoms with Crippen LogP contribution in [0.3, 0.4) is 0 Å². The molecule has 4 aromatic heterocycles. The molecule has 218 valence electrons. The number of aryl methyl sites for hydroxylation is 1. The van der Waals surface area contributed by atoms with E-state index in [0.717, 1.165) is 57.9 Å². The Kier molecular flexibility index (Phi) is 7.78. The predicted molar refractivity (Wildman–Crippen MR) is 151 cm³/mol. The van der Waals surface area contributed by atoms with Crippen LogP contribution in [0.1, 0.15) is 6.42 Å². The van der Waals surface area contributed by atoms with Crippen molar-refractivity contribution in [3.8, 4) is 28.5 Å². The molecule has 5 heterocycles. The normalized spacial score (nSPS) is 14.3. The Morgan fingerprint density at radius 2 is 1.83 bits per heavy atom. The van der Waals surface area contributed by atoms with Crippen LogP contribution in [0.5, 0.6) is 5.88 Å². The first-order valence-electron chi connectivity index (χ1n) is 13.3. The Bertz CT molecular complexity index is 1800. The van der Waals surface area contributed by atoms with Crippen LogP contribution >= 0.6 is 0 Å². The molecule has 0 atom stereocenters. The Morgan fingerprint density at radius 3 is 2.62 bits per heavy atom. The molecule has 0 bridgehead atoms. The van der Waals surface area contributed by atoms with Crippen LogP contribution in [0.15, 0.2) is 66.0 Å². The number of sulfonamides is 1. The van der Waals surface area contributed by atoms with E-state index in [2.05, 4.69) is 29.9 Å². The van der Waals surface area contributed by atoms with Crippen LogP contribution in [0.4, 0.5) is 10.1 Å². The van der Waals surface area contributed by atoms with Crippen molar-refractivity contribution in [3.05, 3.63) is 66.9 Å². The number of benzene rings is 1. The van der Waals surface area contributed by atoms with E-state index >= 15 is 0 Å². The van der Waals surface area contributed by atoms with Gasteiger partial charge >= 0.3 is 0 Å². The number of nitrogens with zero attached hydrogens (tertiary/aromatic N) is 8. The maximum atomic E-state index is 13.3. The van der Waals surface area contributed by atoms with Gasteiger partial charge in [0.25, 0.3) is 10.0 Å². The van der Waals surface area contributed by atoms with E-state index in [0.29, 0.717) is 28.3 Å². The molecule has 5 aromatic rings.